The normalized spacial score (nSPS) is 25.5. The Bertz CT molecular complexity index is 626. The van der Waals surface area contributed by atoms with Gasteiger partial charge in [-0.25, -0.2) is 6.61 Å². The second-order valence-electron chi connectivity index (χ2n) is 6.60. The number of rotatable bonds is 7. The van der Waals surface area contributed by atoms with Gasteiger partial charge in [0.25, 0.3) is 0 Å². The Kier molecular flexibility index (Phi) is 9.86. The Hall–Kier alpha value is -0.199. The standard InChI is InChI=1S/C22H27O3.Sr.H/c1-3-20-22(25-16-19-12-8-5-9-13-19)21(17(2)14-23-20)24-15-18-10-6-4-7-11-18;;/h4-14,17,20-22H,3,15-16H2,1-2H3;;/q-1;+2;-1/t17?,20?,21-,22+;;/m0../s1. The van der Waals surface area contributed by atoms with Crippen LogP contribution in [0.4, 0.5) is 0 Å². The van der Waals surface area contributed by atoms with Crippen LogP contribution in [0.15, 0.2) is 60.7 Å². The van der Waals surface area contributed by atoms with Crippen molar-refractivity contribution >= 4 is 45.5 Å². The molecule has 4 atom stereocenters. The maximum absolute atomic E-state index is 6.28. The molecule has 1 fully saturated rings. The molecule has 0 bridgehead atoms. The van der Waals surface area contributed by atoms with E-state index in [1.165, 1.54) is 11.1 Å². The number of ether oxygens (including phenoxy) is 3. The molecule has 1 saturated heterocycles. The topological polar surface area (TPSA) is 27.7 Å². The van der Waals surface area contributed by atoms with E-state index in [0.29, 0.717) is 13.2 Å². The summed E-state index contributed by atoms with van der Waals surface area (Å²) in [7, 11) is 0. The smallest absolute Gasteiger partial charge is 1.00 e. The van der Waals surface area contributed by atoms with Crippen molar-refractivity contribution < 1.29 is 15.6 Å². The van der Waals surface area contributed by atoms with Gasteiger partial charge in [-0.3, -0.25) is 0 Å². The Morgan fingerprint density at radius 1 is 0.885 bits per heavy atom. The number of hydrogen-bond acceptors (Lipinski definition) is 3. The fourth-order valence-electron chi connectivity index (χ4n) is 3.20. The van der Waals surface area contributed by atoms with Crippen LogP contribution in [0.1, 0.15) is 32.8 Å². The molecule has 1 aliphatic rings. The molecule has 0 radical (unpaired) electrons. The van der Waals surface area contributed by atoms with Gasteiger partial charge in [0.05, 0.1) is 25.4 Å². The summed E-state index contributed by atoms with van der Waals surface area (Å²) in [5, 5.41) is 0. The van der Waals surface area contributed by atoms with Crippen LogP contribution < -0.4 is 0 Å². The molecule has 1 aliphatic heterocycles. The van der Waals surface area contributed by atoms with Gasteiger partial charge in [-0.15, -0.1) is 5.92 Å². The zero-order chi connectivity index (χ0) is 17.5. The summed E-state index contributed by atoms with van der Waals surface area (Å²) in [6.45, 7) is 7.32. The summed E-state index contributed by atoms with van der Waals surface area (Å²) in [6.07, 6.45) is 0.839. The van der Waals surface area contributed by atoms with Gasteiger partial charge in [0.2, 0.25) is 0 Å². The van der Waals surface area contributed by atoms with E-state index in [1.807, 2.05) is 43.0 Å². The Balaban J connectivity index is 0.00000182. The van der Waals surface area contributed by atoms with Crippen molar-refractivity contribution in [2.45, 2.75) is 51.8 Å². The SMILES string of the molecule is CCC1O[CH-]C(C)[C@H](OCc2ccccc2)[C@@H]1OCc1ccccc1.[H-].[Sr+2]. The summed E-state index contributed by atoms with van der Waals surface area (Å²) >= 11 is 0. The van der Waals surface area contributed by atoms with Gasteiger partial charge in [-0.05, 0) is 17.5 Å². The maximum Gasteiger partial charge on any atom is 2.00 e. The Morgan fingerprint density at radius 3 is 1.88 bits per heavy atom. The number of hydrogen-bond donors (Lipinski definition) is 0. The molecular weight excluding hydrogens is 400 g/mol. The van der Waals surface area contributed by atoms with Crippen LogP contribution in [-0.2, 0) is 27.4 Å². The van der Waals surface area contributed by atoms with Gasteiger partial charge in [0.15, 0.2) is 0 Å². The van der Waals surface area contributed by atoms with Crippen LogP contribution in [0.5, 0.6) is 0 Å². The van der Waals surface area contributed by atoms with Crippen molar-refractivity contribution in [2.24, 2.45) is 5.92 Å². The molecule has 0 aliphatic carbocycles. The van der Waals surface area contributed by atoms with Crippen LogP contribution in [-0.4, -0.2) is 63.8 Å². The summed E-state index contributed by atoms with van der Waals surface area (Å²) in [6, 6.07) is 20.5. The Morgan fingerprint density at radius 2 is 1.38 bits per heavy atom. The second-order valence-corrected chi connectivity index (χ2v) is 6.60. The molecule has 0 aromatic heterocycles. The van der Waals surface area contributed by atoms with Crippen molar-refractivity contribution in [2.75, 3.05) is 0 Å². The predicted octanol–water partition coefficient (Wildman–Crippen LogP) is 4.50. The van der Waals surface area contributed by atoms with E-state index in [0.717, 1.165) is 6.42 Å². The van der Waals surface area contributed by atoms with Crippen LogP contribution >= 0.6 is 0 Å². The van der Waals surface area contributed by atoms with Crippen molar-refractivity contribution in [1.29, 1.82) is 0 Å². The first kappa shape index (κ1) is 22.1. The molecule has 4 heteroatoms. The first-order valence-corrected chi connectivity index (χ1v) is 9.07. The molecule has 0 spiro atoms. The Labute approximate surface area is 195 Å². The number of benzene rings is 2. The van der Waals surface area contributed by atoms with Crippen molar-refractivity contribution in [3.8, 4) is 0 Å². The molecule has 3 nitrogen and oxygen atoms in total. The van der Waals surface area contributed by atoms with Crippen molar-refractivity contribution in [3.05, 3.63) is 78.4 Å². The van der Waals surface area contributed by atoms with Gasteiger partial charge >= 0.3 is 45.5 Å². The quantitative estimate of drug-likeness (QED) is 0.481. The third kappa shape index (κ3) is 6.16. The van der Waals surface area contributed by atoms with Gasteiger partial charge in [-0.1, -0.05) is 74.5 Å². The summed E-state index contributed by atoms with van der Waals surface area (Å²) in [4.78, 5) is 0. The average molecular weight is 428 g/mol. The molecule has 136 valence electrons. The molecule has 0 amide bonds. The second kappa shape index (κ2) is 11.6. The van der Waals surface area contributed by atoms with E-state index < -0.39 is 0 Å². The van der Waals surface area contributed by atoms with Crippen LogP contribution in [0, 0.1) is 12.5 Å². The van der Waals surface area contributed by atoms with E-state index in [1.54, 1.807) is 0 Å². The average Bonchev–Trinajstić information content (AvgIpc) is 2.67. The van der Waals surface area contributed by atoms with Gasteiger partial charge in [-0.2, -0.15) is 0 Å². The molecule has 2 unspecified atom stereocenters. The molecular formula is C22H28O3Sr. The molecule has 0 N–H and O–H groups in total. The fourth-order valence-corrected chi connectivity index (χ4v) is 3.20. The van der Waals surface area contributed by atoms with E-state index in [2.05, 4.69) is 38.1 Å². The first-order chi connectivity index (χ1) is 12.3. The molecule has 2 aromatic rings. The molecule has 2 aromatic carbocycles. The predicted molar refractivity (Wildman–Crippen MR) is 106 cm³/mol. The molecule has 26 heavy (non-hydrogen) atoms. The molecule has 0 saturated carbocycles. The van der Waals surface area contributed by atoms with E-state index in [-0.39, 0.29) is 71.1 Å². The van der Waals surface area contributed by atoms with Crippen LogP contribution in [0.3, 0.4) is 0 Å². The minimum absolute atomic E-state index is 0. The van der Waals surface area contributed by atoms with Gasteiger partial charge in [0.1, 0.15) is 6.10 Å². The minimum Gasteiger partial charge on any atom is -1.00 e. The summed E-state index contributed by atoms with van der Waals surface area (Å²) in [5.41, 5.74) is 2.34. The van der Waals surface area contributed by atoms with E-state index in [4.69, 9.17) is 14.2 Å². The van der Waals surface area contributed by atoms with Gasteiger partial charge < -0.3 is 15.6 Å². The van der Waals surface area contributed by atoms with E-state index in [9.17, 15) is 0 Å². The summed E-state index contributed by atoms with van der Waals surface area (Å²) < 4.78 is 18.4. The van der Waals surface area contributed by atoms with Gasteiger partial charge in [0, 0.05) is 0 Å². The zero-order valence-electron chi connectivity index (χ0n) is 16.7. The van der Waals surface area contributed by atoms with E-state index >= 15 is 0 Å². The maximum atomic E-state index is 6.28. The third-order valence-electron chi connectivity index (χ3n) is 4.65. The summed E-state index contributed by atoms with van der Waals surface area (Å²) in [5.74, 6) is 0.187. The van der Waals surface area contributed by atoms with Crippen molar-refractivity contribution in [3.63, 3.8) is 0 Å². The molecule has 1 heterocycles. The van der Waals surface area contributed by atoms with Crippen molar-refractivity contribution in [1.82, 2.24) is 0 Å². The fraction of sp³-hybridized carbons (Fsp3) is 0.409. The first-order valence-electron chi connectivity index (χ1n) is 9.07. The largest absolute Gasteiger partial charge is 2.00 e. The van der Waals surface area contributed by atoms with Crippen LogP contribution in [0.2, 0.25) is 0 Å². The zero-order valence-corrected chi connectivity index (χ0v) is 19.2. The minimum atomic E-state index is -0.0751. The van der Waals surface area contributed by atoms with Crippen LogP contribution in [0.25, 0.3) is 0 Å². The third-order valence-corrected chi connectivity index (χ3v) is 4.65. The monoisotopic (exact) mass is 428 g/mol. The molecule has 3 rings (SSSR count).